The summed E-state index contributed by atoms with van der Waals surface area (Å²) < 4.78 is 5.87. The first-order valence-corrected chi connectivity index (χ1v) is 6.06. The van der Waals surface area contributed by atoms with Gasteiger partial charge in [0.05, 0.1) is 12.7 Å². The summed E-state index contributed by atoms with van der Waals surface area (Å²) in [5, 5.41) is 0. The van der Waals surface area contributed by atoms with Crippen LogP contribution < -0.4 is 0 Å². The van der Waals surface area contributed by atoms with Crippen molar-refractivity contribution in [3.63, 3.8) is 0 Å². The summed E-state index contributed by atoms with van der Waals surface area (Å²) >= 11 is 0. The monoisotopic (exact) mass is 197 g/mol. The van der Waals surface area contributed by atoms with Crippen molar-refractivity contribution < 1.29 is 4.74 Å². The van der Waals surface area contributed by atoms with Crippen molar-refractivity contribution >= 4 is 0 Å². The highest BCUT2D eigenvalue weighted by Gasteiger charge is 2.37. The molecular formula is C12H23NO. The lowest BCUT2D eigenvalue weighted by Crippen LogP contribution is -2.55. The molecule has 0 aromatic heterocycles. The predicted octanol–water partition coefficient (Wildman–Crippen LogP) is 2.28. The molecule has 2 rings (SSSR count). The molecule has 1 heterocycles. The van der Waals surface area contributed by atoms with Gasteiger partial charge in [-0.1, -0.05) is 6.92 Å². The van der Waals surface area contributed by atoms with Gasteiger partial charge >= 0.3 is 0 Å². The molecule has 14 heavy (non-hydrogen) atoms. The first kappa shape index (κ1) is 10.4. The molecule has 82 valence electrons. The number of fused-ring (bicyclic) bond motifs is 1. The summed E-state index contributed by atoms with van der Waals surface area (Å²) in [6, 6.07) is 1.38. The van der Waals surface area contributed by atoms with Gasteiger partial charge in [-0.2, -0.15) is 0 Å². The molecule has 0 aromatic carbocycles. The van der Waals surface area contributed by atoms with Gasteiger partial charge < -0.3 is 4.74 Å². The zero-order valence-electron chi connectivity index (χ0n) is 9.70. The third kappa shape index (κ3) is 1.96. The van der Waals surface area contributed by atoms with Crippen LogP contribution in [0, 0.1) is 5.92 Å². The maximum absolute atomic E-state index is 5.87. The van der Waals surface area contributed by atoms with Crippen LogP contribution in [0.5, 0.6) is 0 Å². The lowest BCUT2D eigenvalue weighted by Gasteiger charge is -2.47. The fourth-order valence-electron chi connectivity index (χ4n) is 2.98. The molecule has 0 amide bonds. The SMILES string of the molecule is CC1CCC2OCCN(C(C)C)C2C1. The van der Waals surface area contributed by atoms with Crippen LogP contribution in [0.3, 0.4) is 0 Å². The number of morpholine rings is 1. The number of hydrogen-bond acceptors (Lipinski definition) is 2. The van der Waals surface area contributed by atoms with E-state index in [1.54, 1.807) is 0 Å². The van der Waals surface area contributed by atoms with Gasteiger partial charge in [-0.3, -0.25) is 4.90 Å². The molecule has 2 nitrogen and oxygen atoms in total. The first-order valence-electron chi connectivity index (χ1n) is 6.06. The second-order valence-corrected chi connectivity index (χ2v) is 5.23. The molecule has 1 aliphatic heterocycles. The molecule has 0 aromatic rings. The van der Waals surface area contributed by atoms with E-state index in [1.165, 1.54) is 19.3 Å². The van der Waals surface area contributed by atoms with Crippen LogP contribution in [0.1, 0.15) is 40.0 Å². The molecule has 1 saturated heterocycles. The Morgan fingerprint density at radius 1 is 1.29 bits per heavy atom. The third-order valence-electron chi connectivity index (χ3n) is 3.79. The lowest BCUT2D eigenvalue weighted by atomic mass is 9.83. The van der Waals surface area contributed by atoms with E-state index in [1.807, 2.05) is 0 Å². The number of hydrogen-bond donors (Lipinski definition) is 0. The van der Waals surface area contributed by atoms with Crippen LogP contribution >= 0.6 is 0 Å². The van der Waals surface area contributed by atoms with Crippen LogP contribution in [0.4, 0.5) is 0 Å². The van der Waals surface area contributed by atoms with Crippen molar-refractivity contribution in [1.82, 2.24) is 4.90 Å². The highest BCUT2D eigenvalue weighted by molar-refractivity contribution is 4.90. The van der Waals surface area contributed by atoms with Crippen molar-refractivity contribution in [2.45, 2.75) is 58.2 Å². The minimum absolute atomic E-state index is 0.530. The van der Waals surface area contributed by atoms with Crippen molar-refractivity contribution in [2.24, 2.45) is 5.92 Å². The average molecular weight is 197 g/mol. The molecular weight excluding hydrogens is 174 g/mol. The molecule has 2 aliphatic rings. The summed E-state index contributed by atoms with van der Waals surface area (Å²) in [5.74, 6) is 0.888. The number of ether oxygens (including phenoxy) is 1. The predicted molar refractivity (Wildman–Crippen MR) is 58.4 cm³/mol. The lowest BCUT2D eigenvalue weighted by molar-refractivity contribution is -0.105. The van der Waals surface area contributed by atoms with Gasteiger partial charge in [0.15, 0.2) is 0 Å². The summed E-state index contributed by atoms with van der Waals surface area (Å²) in [7, 11) is 0. The normalized spacial score (nSPS) is 39.9. The van der Waals surface area contributed by atoms with E-state index in [9.17, 15) is 0 Å². The number of nitrogens with zero attached hydrogens (tertiary/aromatic N) is 1. The molecule has 2 fully saturated rings. The zero-order chi connectivity index (χ0) is 10.1. The molecule has 0 bridgehead atoms. The van der Waals surface area contributed by atoms with Crippen LogP contribution in [-0.4, -0.2) is 36.2 Å². The van der Waals surface area contributed by atoms with Crippen LogP contribution in [0.25, 0.3) is 0 Å². The van der Waals surface area contributed by atoms with Gasteiger partial charge in [0.2, 0.25) is 0 Å². The van der Waals surface area contributed by atoms with Gasteiger partial charge in [-0.15, -0.1) is 0 Å². The summed E-state index contributed by atoms with van der Waals surface area (Å²) in [5.41, 5.74) is 0. The Morgan fingerprint density at radius 2 is 2.07 bits per heavy atom. The Balaban J connectivity index is 2.04. The van der Waals surface area contributed by atoms with E-state index in [2.05, 4.69) is 25.7 Å². The van der Waals surface area contributed by atoms with Crippen LogP contribution in [0.15, 0.2) is 0 Å². The highest BCUT2D eigenvalue weighted by Crippen LogP contribution is 2.32. The van der Waals surface area contributed by atoms with E-state index >= 15 is 0 Å². The molecule has 0 radical (unpaired) electrons. The molecule has 0 N–H and O–H groups in total. The van der Waals surface area contributed by atoms with Gasteiger partial charge in [-0.05, 0) is 39.0 Å². The van der Waals surface area contributed by atoms with Gasteiger partial charge in [-0.25, -0.2) is 0 Å². The van der Waals surface area contributed by atoms with E-state index < -0.39 is 0 Å². The van der Waals surface area contributed by atoms with E-state index in [4.69, 9.17) is 4.74 Å². The fraction of sp³-hybridized carbons (Fsp3) is 1.00. The first-order chi connectivity index (χ1) is 6.68. The van der Waals surface area contributed by atoms with E-state index in [0.717, 1.165) is 19.1 Å². The average Bonchev–Trinajstić information content (AvgIpc) is 2.16. The standard InChI is InChI=1S/C12H23NO/c1-9(2)13-6-7-14-12-5-4-10(3)8-11(12)13/h9-12H,4-8H2,1-3H3. The molecule has 1 saturated carbocycles. The summed E-state index contributed by atoms with van der Waals surface area (Å²) in [4.78, 5) is 2.64. The Hall–Kier alpha value is -0.0800. The maximum Gasteiger partial charge on any atom is 0.0731 e. The molecule has 3 unspecified atom stereocenters. The van der Waals surface area contributed by atoms with Gasteiger partial charge in [0.1, 0.15) is 0 Å². The Kier molecular flexibility index (Phi) is 3.13. The summed E-state index contributed by atoms with van der Waals surface area (Å²) in [6.45, 7) is 9.06. The number of rotatable bonds is 1. The second-order valence-electron chi connectivity index (χ2n) is 5.23. The van der Waals surface area contributed by atoms with E-state index in [-0.39, 0.29) is 0 Å². The van der Waals surface area contributed by atoms with Gasteiger partial charge in [0, 0.05) is 18.6 Å². The van der Waals surface area contributed by atoms with Crippen molar-refractivity contribution in [3.05, 3.63) is 0 Å². The summed E-state index contributed by atoms with van der Waals surface area (Å²) in [6.07, 6.45) is 4.49. The Bertz CT molecular complexity index is 193. The zero-order valence-corrected chi connectivity index (χ0v) is 9.70. The molecule has 2 heteroatoms. The van der Waals surface area contributed by atoms with Crippen molar-refractivity contribution in [2.75, 3.05) is 13.2 Å². The second kappa shape index (κ2) is 4.19. The smallest absolute Gasteiger partial charge is 0.0731 e. The quantitative estimate of drug-likeness (QED) is 0.639. The van der Waals surface area contributed by atoms with Crippen molar-refractivity contribution in [1.29, 1.82) is 0 Å². The molecule has 0 spiro atoms. The third-order valence-corrected chi connectivity index (χ3v) is 3.79. The Labute approximate surface area is 87.6 Å². The Morgan fingerprint density at radius 3 is 2.79 bits per heavy atom. The highest BCUT2D eigenvalue weighted by atomic mass is 16.5. The molecule has 1 aliphatic carbocycles. The van der Waals surface area contributed by atoms with Gasteiger partial charge in [0.25, 0.3) is 0 Å². The molecule has 3 atom stereocenters. The van der Waals surface area contributed by atoms with Crippen LogP contribution in [0.2, 0.25) is 0 Å². The fourth-order valence-corrected chi connectivity index (χ4v) is 2.98. The minimum atomic E-state index is 0.530. The largest absolute Gasteiger partial charge is 0.375 e. The van der Waals surface area contributed by atoms with Crippen LogP contribution in [-0.2, 0) is 4.74 Å². The van der Waals surface area contributed by atoms with E-state index in [0.29, 0.717) is 18.2 Å². The minimum Gasteiger partial charge on any atom is -0.375 e. The topological polar surface area (TPSA) is 12.5 Å². The maximum atomic E-state index is 5.87. The van der Waals surface area contributed by atoms with Crippen molar-refractivity contribution in [3.8, 4) is 0 Å².